The van der Waals surface area contributed by atoms with Crippen LogP contribution in [0.2, 0.25) is 0 Å². The van der Waals surface area contributed by atoms with Gasteiger partial charge in [0.2, 0.25) is 11.8 Å². The minimum absolute atomic E-state index is 0.00283. The van der Waals surface area contributed by atoms with Gasteiger partial charge in [-0.3, -0.25) is 9.59 Å². The first kappa shape index (κ1) is 21.6. The van der Waals surface area contributed by atoms with Crippen LogP contribution in [0.4, 0.5) is 4.39 Å². The molecule has 2 atom stereocenters. The molecule has 2 heterocycles. The smallest absolute Gasteiger partial charge is 0.245 e. The average Bonchev–Trinajstić information content (AvgIpc) is 2.93. The molecule has 2 aliphatic heterocycles. The van der Waals surface area contributed by atoms with Crippen LogP contribution >= 0.6 is 0 Å². The molecule has 0 saturated carbocycles. The lowest BCUT2D eigenvalue weighted by atomic mass is 10.1. The molecule has 7 heteroatoms. The molecular formula is C22H32FN3O3. The molecule has 6 nitrogen and oxygen atoms in total. The second-order valence-electron chi connectivity index (χ2n) is 8.49. The Balaban J connectivity index is 1.64. The van der Waals surface area contributed by atoms with Crippen molar-refractivity contribution in [2.75, 3.05) is 39.3 Å². The Labute approximate surface area is 172 Å². The molecule has 0 radical (unpaired) electrons. The Bertz CT molecular complexity index is 727. The zero-order chi connectivity index (χ0) is 21.0. The number of amides is 2. The van der Waals surface area contributed by atoms with E-state index < -0.39 is 6.04 Å². The molecule has 2 fully saturated rings. The fourth-order valence-electron chi connectivity index (χ4n) is 4.30. The van der Waals surface area contributed by atoms with Crippen molar-refractivity contribution in [1.29, 1.82) is 0 Å². The van der Waals surface area contributed by atoms with Gasteiger partial charge in [0.1, 0.15) is 23.7 Å². The van der Waals surface area contributed by atoms with Crippen LogP contribution in [0.15, 0.2) is 24.3 Å². The van der Waals surface area contributed by atoms with Crippen LogP contribution < -0.4 is 4.74 Å². The van der Waals surface area contributed by atoms with E-state index in [0.717, 1.165) is 26.1 Å². The average molecular weight is 406 g/mol. The van der Waals surface area contributed by atoms with Crippen molar-refractivity contribution in [2.24, 2.45) is 5.92 Å². The maximum Gasteiger partial charge on any atom is 0.245 e. The van der Waals surface area contributed by atoms with E-state index in [4.69, 9.17) is 4.74 Å². The summed E-state index contributed by atoms with van der Waals surface area (Å²) in [6, 6.07) is 5.45. The fraction of sp³-hybridized carbons (Fsp3) is 0.636. The topological polar surface area (TPSA) is 53.1 Å². The van der Waals surface area contributed by atoms with Crippen molar-refractivity contribution in [3.05, 3.63) is 30.1 Å². The van der Waals surface area contributed by atoms with Crippen LogP contribution in [0.1, 0.15) is 33.6 Å². The van der Waals surface area contributed by atoms with Crippen molar-refractivity contribution in [3.8, 4) is 5.75 Å². The first-order valence-corrected chi connectivity index (χ1v) is 10.5. The first-order chi connectivity index (χ1) is 13.8. The number of rotatable bonds is 5. The second kappa shape index (κ2) is 9.57. The summed E-state index contributed by atoms with van der Waals surface area (Å²) in [6.07, 6.45) is 1.05. The van der Waals surface area contributed by atoms with Crippen molar-refractivity contribution in [1.82, 2.24) is 14.7 Å². The fourth-order valence-corrected chi connectivity index (χ4v) is 4.30. The Hall–Kier alpha value is -2.15. The van der Waals surface area contributed by atoms with Crippen molar-refractivity contribution < 1.29 is 18.7 Å². The number of hydrogen-bond acceptors (Lipinski definition) is 4. The van der Waals surface area contributed by atoms with Gasteiger partial charge in [0.15, 0.2) is 0 Å². The lowest BCUT2D eigenvalue weighted by molar-refractivity contribution is -0.142. The van der Waals surface area contributed by atoms with E-state index >= 15 is 0 Å². The van der Waals surface area contributed by atoms with Crippen LogP contribution in [0.25, 0.3) is 0 Å². The molecule has 2 saturated heterocycles. The SMILES string of the molecule is CC(=O)N1C[C@@H](Oc2cccc(F)c2)C[C@@H]1C(=O)N1CCCN(CC(C)C)CC1. The van der Waals surface area contributed by atoms with Gasteiger partial charge >= 0.3 is 0 Å². The molecule has 1 aromatic rings. The number of halogens is 1. The number of benzene rings is 1. The van der Waals surface area contributed by atoms with Crippen LogP contribution in [-0.4, -0.2) is 77.9 Å². The molecular weight excluding hydrogens is 373 g/mol. The number of hydrogen-bond donors (Lipinski definition) is 0. The summed E-state index contributed by atoms with van der Waals surface area (Å²) in [5.41, 5.74) is 0. The van der Waals surface area contributed by atoms with E-state index in [1.54, 1.807) is 17.0 Å². The molecule has 2 aliphatic rings. The predicted molar refractivity (Wildman–Crippen MR) is 109 cm³/mol. The van der Waals surface area contributed by atoms with Crippen LogP contribution in [-0.2, 0) is 9.59 Å². The van der Waals surface area contributed by atoms with Crippen molar-refractivity contribution >= 4 is 11.8 Å². The van der Waals surface area contributed by atoms with Gasteiger partial charge in [-0.25, -0.2) is 4.39 Å². The second-order valence-corrected chi connectivity index (χ2v) is 8.49. The zero-order valence-electron chi connectivity index (χ0n) is 17.6. The summed E-state index contributed by atoms with van der Waals surface area (Å²) in [6.45, 7) is 10.5. The highest BCUT2D eigenvalue weighted by atomic mass is 19.1. The molecule has 2 amide bonds. The van der Waals surface area contributed by atoms with E-state index in [9.17, 15) is 14.0 Å². The quantitative estimate of drug-likeness (QED) is 0.755. The summed E-state index contributed by atoms with van der Waals surface area (Å²) < 4.78 is 19.3. The van der Waals surface area contributed by atoms with E-state index in [1.807, 2.05) is 4.90 Å². The standard InChI is InChI=1S/C22H32FN3O3/c1-16(2)14-24-8-5-9-25(11-10-24)22(28)21-13-20(15-26(21)17(3)27)29-19-7-4-6-18(23)12-19/h4,6-7,12,16,20-21H,5,8-11,13-15H2,1-3H3/t20-,21+/m0/s1. The molecule has 3 rings (SSSR count). The molecule has 0 N–H and O–H groups in total. The van der Waals surface area contributed by atoms with Gasteiger partial charge in [-0.05, 0) is 31.0 Å². The maximum atomic E-state index is 13.4. The Kier molecular flexibility index (Phi) is 7.11. The Morgan fingerprint density at radius 1 is 1.21 bits per heavy atom. The van der Waals surface area contributed by atoms with Gasteiger partial charge in [0, 0.05) is 45.6 Å². The Morgan fingerprint density at radius 3 is 2.69 bits per heavy atom. The Morgan fingerprint density at radius 2 is 2.00 bits per heavy atom. The molecule has 1 aromatic carbocycles. The number of carbonyl (C=O) groups excluding carboxylic acids is 2. The van der Waals surface area contributed by atoms with Gasteiger partial charge in [0.25, 0.3) is 0 Å². The van der Waals surface area contributed by atoms with E-state index in [2.05, 4.69) is 18.7 Å². The van der Waals surface area contributed by atoms with E-state index in [-0.39, 0.29) is 23.7 Å². The molecule has 29 heavy (non-hydrogen) atoms. The molecule has 0 aromatic heterocycles. The lowest BCUT2D eigenvalue weighted by Gasteiger charge is -2.29. The predicted octanol–water partition coefficient (Wildman–Crippen LogP) is 2.38. The lowest BCUT2D eigenvalue weighted by Crippen LogP contribution is -2.48. The molecule has 160 valence electrons. The largest absolute Gasteiger partial charge is 0.488 e. The van der Waals surface area contributed by atoms with Gasteiger partial charge < -0.3 is 19.4 Å². The normalized spacial score (nSPS) is 23.3. The third-order valence-corrected chi connectivity index (χ3v) is 5.57. The third-order valence-electron chi connectivity index (χ3n) is 5.57. The summed E-state index contributed by atoms with van der Waals surface area (Å²) in [5, 5.41) is 0. The highest BCUT2D eigenvalue weighted by Crippen LogP contribution is 2.25. The zero-order valence-corrected chi connectivity index (χ0v) is 17.6. The number of carbonyl (C=O) groups is 2. The highest BCUT2D eigenvalue weighted by Gasteiger charge is 2.41. The van der Waals surface area contributed by atoms with E-state index in [1.165, 1.54) is 19.1 Å². The van der Waals surface area contributed by atoms with Gasteiger partial charge in [-0.2, -0.15) is 0 Å². The van der Waals surface area contributed by atoms with Gasteiger partial charge in [0.05, 0.1) is 6.54 Å². The number of likely N-dealkylation sites (tertiary alicyclic amines) is 1. The van der Waals surface area contributed by atoms with Crippen molar-refractivity contribution in [2.45, 2.75) is 45.8 Å². The summed E-state index contributed by atoms with van der Waals surface area (Å²) >= 11 is 0. The minimum atomic E-state index is -0.511. The third kappa shape index (κ3) is 5.69. The number of ether oxygens (including phenoxy) is 1. The van der Waals surface area contributed by atoms with Gasteiger partial charge in [-0.1, -0.05) is 19.9 Å². The molecule has 0 spiro atoms. The van der Waals surface area contributed by atoms with Crippen LogP contribution in [0.5, 0.6) is 5.75 Å². The van der Waals surface area contributed by atoms with Gasteiger partial charge in [-0.15, -0.1) is 0 Å². The summed E-state index contributed by atoms with van der Waals surface area (Å²) in [5.74, 6) is 0.515. The van der Waals surface area contributed by atoms with Crippen LogP contribution in [0, 0.1) is 11.7 Å². The molecule has 0 aliphatic carbocycles. The monoisotopic (exact) mass is 405 g/mol. The highest BCUT2D eigenvalue weighted by molar-refractivity contribution is 5.87. The maximum absolute atomic E-state index is 13.4. The van der Waals surface area contributed by atoms with Crippen molar-refractivity contribution in [3.63, 3.8) is 0 Å². The summed E-state index contributed by atoms with van der Waals surface area (Å²) in [4.78, 5) is 31.3. The summed E-state index contributed by atoms with van der Waals surface area (Å²) in [7, 11) is 0. The minimum Gasteiger partial charge on any atom is -0.488 e. The molecule has 0 unspecified atom stereocenters. The molecule has 0 bridgehead atoms. The first-order valence-electron chi connectivity index (χ1n) is 10.5. The van der Waals surface area contributed by atoms with E-state index in [0.29, 0.717) is 37.7 Å². The van der Waals surface area contributed by atoms with Crippen LogP contribution in [0.3, 0.4) is 0 Å². The number of nitrogens with zero attached hydrogens (tertiary/aromatic N) is 3.